The molecule has 0 radical (unpaired) electrons. The van der Waals surface area contributed by atoms with Crippen molar-refractivity contribution < 1.29 is 0 Å². The van der Waals surface area contributed by atoms with Gasteiger partial charge in [-0.15, -0.1) is 0 Å². The van der Waals surface area contributed by atoms with Crippen LogP contribution in [-0.2, 0) is 7.05 Å². The van der Waals surface area contributed by atoms with Crippen LogP contribution in [0.2, 0.25) is 0 Å². The zero-order chi connectivity index (χ0) is 11.2. The molecule has 1 aromatic heterocycles. The molecule has 2 nitrogen and oxygen atoms in total. The molecule has 1 aromatic carbocycles. The second-order valence-corrected chi connectivity index (χ2v) is 4.12. The number of aryl methyl sites for hydroxylation is 4. The van der Waals surface area contributed by atoms with Crippen LogP contribution >= 0.6 is 0 Å². The third-order valence-electron chi connectivity index (χ3n) is 2.98. The maximum absolute atomic E-state index is 9.09. The zero-order valence-corrected chi connectivity index (χ0v) is 9.55. The average molecular weight is 198 g/mol. The van der Waals surface area contributed by atoms with Gasteiger partial charge in [0.1, 0.15) is 11.8 Å². The zero-order valence-electron chi connectivity index (χ0n) is 9.55. The van der Waals surface area contributed by atoms with E-state index in [0.717, 1.165) is 11.3 Å². The van der Waals surface area contributed by atoms with Gasteiger partial charge >= 0.3 is 0 Å². The largest absolute Gasteiger partial charge is 0.335 e. The van der Waals surface area contributed by atoms with E-state index < -0.39 is 0 Å². The first kappa shape index (κ1) is 9.79. The Bertz CT molecular complexity index is 583. The Morgan fingerprint density at radius 1 is 1.20 bits per heavy atom. The minimum Gasteiger partial charge on any atom is -0.335 e. The molecule has 76 valence electrons. The summed E-state index contributed by atoms with van der Waals surface area (Å²) >= 11 is 0. The van der Waals surface area contributed by atoms with Crippen molar-refractivity contribution in [3.05, 3.63) is 34.5 Å². The number of hydrogen-bond acceptors (Lipinski definition) is 1. The molecule has 0 fully saturated rings. The second-order valence-electron chi connectivity index (χ2n) is 4.12. The fourth-order valence-corrected chi connectivity index (χ4v) is 2.34. The fourth-order valence-electron chi connectivity index (χ4n) is 2.34. The number of hydrogen-bond donors (Lipinski definition) is 0. The molecule has 1 heterocycles. The number of aromatic nitrogens is 1. The highest BCUT2D eigenvalue weighted by molar-refractivity contribution is 5.89. The molecule has 0 aliphatic rings. The molecule has 0 saturated carbocycles. The van der Waals surface area contributed by atoms with Crippen molar-refractivity contribution in [2.75, 3.05) is 0 Å². The van der Waals surface area contributed by atoms with Crippen LogP contribution in [0.1, 0.15) is 22.4 Å². The lowest BCUT2D eigenvalue weighted by molar-refractivity contribution is 0.936. The molecule has 0 amide bonds. The topological polar surface area (TPSA) is 28.7 Å². The Balaban J connectivity index is 3.03. The SMILES string of the molecule is Cc1cc(C)c2c(c1)c(C)c(C#N)n2C. The minimum absolute atomic E-state index is 0.763. The van der Waals surface area contributed by atoms with Gasteiger partial charge in [-0.05, 0) is 38.0 Å². The van der Waals surface area contributed by atoms with Crippen LogP contribution in [0.15, 0.2) is 12.1 Å². The third kappa shape index (κ3) is 1.24. The summed E-state index contributed by atoms with van der Waals surface area (Å²) in [7, 11) is 1.95. The van der Waals surface area contributed by atoms with E-state index in [4.69, 9.17) is 5.26 Å². The maximum atomic E-state index is 9.09. The van der Waals surface area contributed by atoms with Gasteiger partial charge in [0, 0.05) is 12.4 Å². The molecule has 0 aliphatic carbocycles. The van der Waals surface area contributed by atoms with Crippen LogP contribution in [0.25, 0.3) is 10.9 Å². The lowest BCUT2D eigenvalue weighted by Crippen LogP contribution is -1.93. The van der Waals surface area contributed by atoms with Crippen LogP contribution < -0.4 is 0 Å². The lowest BCUT2D eigenvalue weighted by atomic mass is 10.1. The molecule has 0 saturated heterocycles. The molecule has 0 bridgehead atoms. The standard InChI is InChI=1S/C13H14N2/c1-8-5-9(2)13-11(6-8)10(3)12(7-14)15(13)4/h5-6H,1-4H3. The van der Waals surface area contributed by atoms with Gasteiger partial charge in [0.05, 0.1) is 5.52 Å². The number of nitrogens with zero attached hydrogens (tertiary/aromatic N) is 2. The molecule has 15 heavy (non-hydrogen) atoms. The first-order chi connectivity index (χ1) is 7.06. The van der Waals surface area contributed by atoms with Crippen molar-refractivity contribution >= 4 is 10.9 Å². The fraction of sp³-hybridized carbons (Fsp3) is 0.308. The van der Waals surface area contributed by atoms with Crippen molar-refractivity contribution in [1.29, 1.82) is 5.26 Å². The number of benzene rings is 1. The van der Waals surface area contributed by atoms with Gasteiger partial charge in [-0.3, -0.25) is 0 Å². The summed E-state index contributed by atoms with van der Waals surface area (Å²) in [5, 5.41) is 10.3. The van der Waals surface area contributed by atoms with Crippen molar-refractivity contribution in [3.8, 4) is 6.07 Å². The smallest absolute Gasteiger partial charge is 0.124 e. The average Bonchev–Trinajstić information content (AvgIpc) is 2.39. The molecule has 0 spiro atoms. The van der Waals surface area contributed by atoms with E-state index in [1.165, 1.54) is 22.0 Å². The monoisotopic (exact) mass is 198 g/mol. The molecular formula is C13H14N2. The van der Waals surface area contributed by atoms with Gasteiger partial charge in [0.15, 0.2) is 0 Å². The van der Waals surface area contributed by atoms with Gasteiger partial charge in [-0.25, -0.2) is 0 Å². The highest BCUT2D eigenvalue weighted by Gasteiger charge is 2.12. The second kappa shape index (κ2) is 3.13. The Morgan fingerprint density at radius 3 is 2.47 bits per heavy atom. The minimum atomic E-state index is 0.763. The Labute approximate surface area is 89.7 Å². The summed E-state index contributed by atoms with van der Waals surface area (Å²) in [5.74, 6) is 0. The Morgan fingerprint density at radius 2 is 1.87 bits per heavy atom. The van der Waals surface area contributed by atoms with Gasteiger partial charge < -0.3 is 4.57 Å². The van der Waals surface area contributed by atoms with Crippen molar-refractivity contribution in [1.82, 2.24) is 4.57 Å². The van der Waals surface area contributed by atoms with Crippen molar-refractivity contribution in [2.24, 2.45) is 7.05 Å². The Kier molecular flexibility index (Phi) is 2.04. The van der Waals surface area contributed by atoms with E-state index >= 15 is 0 Å². The Hall–Kier alpha value is -1.75. The summed E-state index contributed by atoms with van der Waals surface area (Å²) in [6, 6.07) is 6.57. The molecule has 0 atom stereocenters. The summed E-state index contributed by atoms with van der Waals surface area (Å²) in [6.07, 6.45) is 0. The molecule has 0 N–H and O–H groups in total. The van der Waals surface area contributed by atoms with E-state index in [-0.39, 0.29) is 0 Å². The number of fused-ring (bicyclic) bond motifs is 1. The molecular weight excluding hydrogens is 184 g/mol. The highest BCUT2D eigenvalue weighted by atomic mass is 14.9. The van der Waals surface area contributed by atoms with E-state index in [1.807, 2.05) is 18.5 Å². The third-order valence-corrected chi connectivity index (χ3v) is 2.98. The number of nitriles is 1. The molecule has 0 unspecified atom stereocenters. The van der Waals surface area contributed by atoms with Crippen LogP contribution in [0, 0.1) is 32.1 Å². The van der Waals surface area contributed by atoms with Gasteiger partial charge in [-0.2, -0.15) is 5.26 Å². The predicted octanol–water partition coefficient (Wildman–Crippen LogP) is 2.98. The molecule has 0 aliphatic heterocycles. The normalized spacial score (nSPS) is 10.6. The van der Waals surface area contributed by atoms with Crippen LogP contribution in [0.3, 0.4) is 0 Å². The summed E-state index contributed by atoms with van der Waals surface area (Å²) in [6.45, 7) is 6.20. The van der Waals surface area contributed by atoms with Crippen molar-refractivity contribution in [2.45, 2.75) is 20.8 Å². The predicted molar refractivity (Wildman–Crippen MR) is 61.8 cm³/mol. The van der Waals surface area contributed by atoms with Gasteiger partial charge in [0.2, 0.25) is 0 Å². The first-order valence-electron chi connectivity index (χ1n) is 5.02. The molecule has 2 aromatic rings. The first-order valence-corrected chi connectivity index (χ1v) is 5.02. The van der Waals surface area contributed by atoms with E-state index in [0.29, 0.717) is 0 Å². The number of rotatable bonds is 0. The van der Waals surface area contributed by atoms with Crippen LogP contribution in [0.5, 0.6) is 0 Å². The van der Waals surface area contributed by atoms with Crippen LogP contribution in [0.4, 0.5) is 0 Å². The quantitative estimate of drug-likeness (QED) is 0.639. The lowest BCUT2D eigenvalue weighted by Gasteiger charge is -2.02. The summed E-state index contributed by atoms with van der Waals surface area (Å²) in [5.41, 5.74) is 5.51. The van der Waals surface area contributed by atoms with Crippen molar-refractivity contribution in [3.63, 3.8) is 0 Å². The summed E-state index contributed by atoms with van der Waals surface area (Å²) < 4.78 is 1.99. The maximum Gasteiger partial charge on any atom is 0.124 e. The van der Waals surface area contributed by atoms with E-state index in [1.54, 1.807) is 0 Å². The van der Waals surface area contributed by atoms with Gasteiger partial charge in [-0.1, -0.05) is 11.6 Å². The molecule has 2 heteroatoms. The van der Waals surface area contributed by atoms with Crippen LogP contribution in [-0.4, -0.2) is 4.57 Å². The molecule has 2 rings (SSSR count). The summed E-state index contributed by atoms with van der Waals surface area (Å²) in [4.78, 5) is 0. The highest BCUT2D eigenvalue weighted by Crippen LogP contribution is 2.27. The van der Waals surface area contributed by atoms with Gasteiger partial charge in [0.25, 0.3) is 0 Å². The van der Waals surface area contributed by atoms with E-state index in [9.17, 15) is 0 Å². The van der Waals surface area contributed by atoms with E-state index in [2.05, 4.69) is 32.0 Å².